The SMILES string of the molecule is CCCCCCCCCCCCCCCCCCCCCCCCCCCCCCCCCCCCC(=O)OCC(COC(=O)CCCCCCC)OC(=O)CCCCCCCCCCCCCCCCCCC. The van der Waals surface area contributed by atoms with Gasteiger partial charge in [0, 0.05) is 19.3 Å². The summed E-state index contributed by atoms with van der Waals surface area (Å²) >= 11 is 0. The molecule has 74 heavy (non-hydrogen) atoms. The van der Waals surface area contributed by atoms with Gasteiger partial charge in [-0.15, -0.1) is 0 Å². The first-order valence-corrected chi connectivity index (χ1v) is 34.0. The number of ether oxygens (including phenoxy) is 3. The standard InChI is InChI=1S/C68H132O6/c1-4-7-10-13-15-17-19-21-23-25-26-27-28-29-30-31-32-33-34-35-36-37-38-39-40-41-43-44-46-48-50-52-55-58-61-67(70)73-64-65(63-72-66(69)60-57-54-12-9-6-3)74-68(71)62-59-56-53-51-49-47-45-42-24-22-20-18-16-14-11-8-5-2/h65H,4-64H2,1-3H3. The highest BCUT2D eigenvalue weighted by Gasteiger charge is 2.19. The number of rotatable bonds is 64. The average Bonchev–Trinajstić information content (AvgIpc) is 3.40. The van der Waals surface area contributed by atoms with Crippen molar-refractivity contribution in [3.05, 3.63) is 0 Å². The average molecular weight is 1050 g/mol. The molecule has 6 heteroatoms. The molecule has 0 radical (unpaired) electrons. The van der Waals surface area contributed by atoms with Crippen LogP contribution in [0.3, 0.4) is 0 Å². The maximum Gasteiger partial charge on any atom is 0.306 e. The van der Waals surface area contributed by atoms with E-state index in [1.165, 1.54) is 295 Å². The van der Waals surface area contributed by atoms with Crippen LogP contribution < -0.4 is 0 Å². The second-order valence-electron chi connectivity index (χ2n) is 23.5. The number of carbonyl (C=O) groups excluding carboxylic acids is 3. The first kappa shape index (κ1) is 72.4. The predicted octanol–water partition coefficient (Wildman–Crippen LogP) is 23.1. The molecule has 6 nitrogen and oxygen atoms in total. The lowest BCUT2D eigenvalue weighted by atomic mass is 10.0. The summed E-state index contributed by atoms with van der Waals surface area (Å²) in [4.78, 5) is 37.9. The molecule has 1 atom stereocenters. The molecule has 0 amide bonds. The van der Waals surface area contributed by atoms with Crippen molar-refractivity contribution in [3.8, 4) is 0 Å². The Morgan fingerprint density at radius 2 is 0.365 bits per heavy atom. The van der Waals surface area contributed by atoms with Gasteiger partial charge in [-0.25, -0.2) is 0 Å². The van der Waals surface area contributed by atoms with E-state index in [9.17, 15) is 14.4 Å². The molecule has 1 unspecified atom stereocenters. The summed E-state index contributed by atoms with van der Waals surface area (Å²) in [6.45, 7) is 6.64. The molecule has 0 N–H and O–H groups in total. The van der Waals surface area contributed by atoms with Crippen LogP contribution in [0.1, 0.15) is 400 Å². The molecular formula is C68H132O6. The molecule has 0 rings (SSSR count). The van der Waals surface area contributed by atoms with Crippen LogP contribution in [0.25, 0.3) is 0 Å². The minimum absolute atomic E-state index is 0.0624. The summed E-state index contributed by atoms with van der Waals surface area (Å²) in [7, 11) is 0. The van der Waals surface area contributed by atoms with Gasteiger partial charge in [0.15, 0.2) is 6.10 Å². The van der Waals surface area contributed by atoms with Gasteiger partial charge in [0.05, 0.1) is 0 Å². The van der Waals surface area contributed by atoms with E-state index in [1.807, 2.05) is 0 Å². The molecule has 0 fully saturated rings. The molecule has 0 aromatic heterocycles. The molecule has 0 saturated carbocycles. The molecule has 0 aromatic carbocycles. The maximum atomic E-state index is 12.8. The summed E-state index contributed by atoms with van der Waals surface area (Å²) in [6, 6.07) is 0. The van der Waals surface area contributed by atoms with Gasteiger partial charge in [-0.2, -0.15) is 0 Å². The van der Waals surface area contributed by atoms with Crippen molar-refractivity contribution >= 4 is 17.9 Å². The van der Waals surface area contributed by atoms with Crippen LogP contribution in [0.2, 0.25) is 0 Å². The minimum Gasteiger partial charge on any atom is -0.462 e. The number of esters is 3. The molecular weight excluding hydrogens is 913 g/mol. The fourth-order valence-corrected chi connectivity index (χ4v) is 10.7. The molecule has 0 heterocycles. The van der Waals surface area contributed by atoms with E-state index in [1.54, 1.807) is 0 Å². The fraction of sp³-hybridized carbons (Fsp3) is 0.956. The Hall–Kier alpha value is -1.59. The van der Waals surface area contributed by atoms with Crippen molar-refractivity contribution < 1.29 is 28.6 Å². The summed E-state index contributed by atoms with van der Waals surface area (Å²) in [6.07, 6.45) is 74.9. The van der Waals surface area contributed by atoms with Crippen molar-refractivity contribution in [2.45, 2.75) is 406 Å². The molecule has 0 saturated heterocycles. The van der Waals surface area contributed by atoms with Crippen LogP contribution in [0.5, 0.6) is 0 Å². The van der Waals surface area contributed by atoms with Gasteiger partial charge in [-0.05, 0) is 19.3 Å². The van der Waals surface area contributed by atoms with Crippen LogP contribution in [0, 0.1) is 0 Å². The third kappa shape index (κ3) is 61.3. The third-order valence-corrected chi connectivity index (χ3v) is 15.9. The number of unbranched alkanes of at least 4 members (excludes halogenated alkanes) is 53. The van der Waals surface area contributed by atoms with Gasteiger partial charge < -0.3 is 14.2 Å². The Morgan fingerprint density at radius 3 is 0.541 bits per heavy atom. The van der Waals surface area contributed by atoms with Crippen molar-refractivity contribution in [3.63, 3.8) is 0 Å². The lowest BCUT2D eigenvalue weighted by Crippen LogP contribution is -2.30. The summed E-state index contributed by atoms with van der Waals surface area (Å²) < 4.78 is 16.8. The molecule has 0 aliphatic rings. The maximum absolute atomic E-state index is 12.8. The largest absolute Gasteiger partial charge is 0.462 e. The van der Waals surface area contributed by atoms with Crippen LogP contribution >= 0.6 is 0 Å². The Bertz CT molecular complexity index is 1110. The fourth-order valence-electron chi connectivity index (χ4n) is 10.7. The summed E-state index contributed by atoms with van der Waals surface area (Å²) in [5.41, 5.74) is 0. The zero-order chi connectivity index (χ0) is 53.6. The normalized spacial score (nSPS) is 11.9. The molecule has 0 aliphatic heterocycles. The molecule has 0 bridgehead atoms. The van der Waals surface area contributed by atoms with Crippen molar-refractivity contribution in [1.82, 2.24) is 0 Å². The first-order valence-electron chi connectivity index (χ1n) is 34.0. The Kier molecular flexibility index (Phi) is 62.6. The van der Waals surface area contributed by atoms with Gasteiger partial charge in [0.2, 0.25) is 0 Å². The Balaban J connectivity index is 3.82. The number of hydrogen-bond donors (Lipinski definition) is 0. The molecule has 440 valence electrons. The van der Waals surface area contributed by atoms with E-state index >= 15 is 0 Å². The van der Waals surface area contributed by atoms with Gasteiger partial charge in [-0.3, -0.25) is 14.4 Å². The second kappa shape index (κ2) is 63.9. The van der Waals surface area contributed by atoms with E-state index < -0.39 is 6.10 Å². The zero-order valence-electron chi connectivity index (χ0n) is 50.7. The van der Waals surface area contributed by atoms with Gasteiger partial charge >= 0.3 is 17.9 Å². The van der Waals surface area contributed by atoms with E-state index in [0.29, 0.717) is 19.3 Å². The van der Waals surface area contributed by atoms with E-state index in [-0.39, 0.29) is 31.1 Å². The zero-order valence-corrected chi connectivity index (χ0v) is 50.7. The first-order chi connectivity index (χ1) is 36.5. The van der Waals surface area contributed by atoms with E-state index in [4.69, 9.17) is 14.2 Å². The van der Waals surface area contributed by atoms with Crippen LogP contribution in [0.4, 0.5) is 0 Å². The molecule has 0 aromatic rings. The highest BCUT2D eigenvalue weighted by Crippen LogP contribution is 2.19. The third-order valence-electron chi connectivity index (χ3n) is 15.9. The Morgan fingerprint density at radius 1 is 0.216 bits per heavy atom. The van der Waals surface area contributed by atoms with Crippen molar-refractivity contribution in [2.24, 2.45) is 0 Å². The summed E-state index contributed by atoms with van der Waals surface area (Å²) in [5, 5.41) is 0. The summed E-state index contributed by atoms with van der Waals surface area (Å²) in [5.74, 6) is -0.847. The lowest BCUT2D eigenvalue weighted by Gasteiger charge is -2.18. The van der Waals surface area contributed by atoms with Crippen LogP contribution in [-0.4, -0.2) is 37.2 Å². The van der Waals surface area contributed by atoms with Gasteiger partial charge in [0.1, 0.15) is 13.2 Å². The highest BCUT2D eigenvalue weighted by molar-refractivity contribution is 5.71. The molecule has 0 spiro atoms. The monoisotopic (exact) mass is 1050 g/mol. The predicted molar refractivity (Wildman–Crippen MR) is 321 cm³/mol. The number of hydrogen-bond acceptors (Lipinski definition) is 6. The Labute approximate surface area is 463 Å². The molecule has 0 aliphatic carbocycles. The van der Waals surface area contributed by atoms with E-state index in [0.717, 1.165) is 64.2 Å². The van der Waals surface area contributed by atoms with E-state index in [2.05, 4.69) is 20.8 Å². The van der Waals surface area contributed by atoms with Crippen LogP contribution in [-0.2, 0) is 28.6 Å². The topological polar surface area (TPSA) is 78.9 Å². The quantitative estimate of drug-likeness (QED) is 0.0343. The van der Waals surface area contributed by atoms with Gasteiger partial charge in [-0.1, -0.05) is 361 Å². The lowest BCUT2D eigenvalue weighted by molar-refractivity contribution is -0.167. The number of carbonyl (C=O) groups is 3. The highest BCUT2D eigenvalue weighted by atomic mass is 16.6. The van der Waals surface area contributed by atoms with Crippen LogP contribution in [0.15, 0.2) is 0 Å². The van der Waals surface area contributed by atoms with Gasteiger partial charge in [0.25, 0.3) is 0 Å². The second-order valence-corrected chi connectivity index (χ2v) is 23.5. The minimum atomic E-state index is -0.760. The van der Waals surface area contributed by atoms with Crippen molar-refractivity contribution in [1.29, 1.82) is 0 Å². The van der Waals surface area contributed by atoms with Crippen molar-refractivity contribution in [2.75, 3.05) is 13.2 Å². The smallest absolute Gasteiger partial charge is 0.306 e.